The van der Waals surface area contributed by atoms with Gasteiger partial charge in [-0.3, -0.25) is 10.1 Å². The summed E-state index contributed by atoms with van der Waals surface area (Å²) in [5, 5.41) is 14.7. The molecule has 0 aliphatic heterocycles. The van der Waals surface area contributed by atoms with Crippen molar-refractivity contribution < 1.29 is 19.4 Å². The Morgan fingerprint density at radius 3 is 2.50 bits per heavy atom. The monoisotopic (exact) mass is 392 g/mol. The van der Waals surface area contributed by atoms with Crippen LogP contribution in [0, 0.1) is 0 Å². The molecular formula is C18H17ClN2O4S. The van der Waals surface area contributed by atoms with Crippen LogP contribution in [0.1, 0.15) is 34.1 Å². The van der Waals surface area contributed by atoms with Crippen LogP contribution in [-0.4, -0.2) is 28.7 Å². The third-order valence-electron chi connectivity index (χ3n) is 3.28. The van der Waals surface area contributed by atoms with E-state index in [9.17, 15) is 14.7 Å². The van der Waals surface area contributed by atoms with Crippen molar-refractivity contribution in [1.29, 1.82) is 0 Å². The zero-order valence-corrected chi connectivity index (χ0v) is 15.5. The summed E-state index contributed by atoms with van der Waals surface area (Å²) < 4.78 is 5.46. The number of hydrogen-bond acceptors (Lipinski definition) is 4. The molecule has 0 aliphatic rings. The molecule has 0 unspecified atom stereocenters. The Labute approximate surface area is 161 Å². The third-order valence-corrected chi connectivity index (χ3v) is 3.72. The van der Waals surface area contributed by atoms with Gasteiger partial charge in [-0.2, -0.15) is 0 Å². The zero-order chi connectivity index (χ0) is 19.1. The minimum Gasteiger partial charge on any atom is -0.494 e. The van der Waals surface area contributed by atoms with Gasteiger partial charge in [-0.1, -0.05) is 18.5 Å². The molecule has 3 N–H and O–H groups in total. The van der Waals surface area contributed by atoms with Crippen LogP contribution in [0.4, 0.5) is 5.69 Å². The normalized spacial score (nSPS) is 10.1. The zero-order valence-electron chi connectivity index (χ0n) is 13.9. The van der Waals surface area contributed by atoms with E-state index in [0.717, 1.165) is 6.42 Å². The lowest BCUT2D eigenvalue weighted by Gasteiger charge is -2.12. The van der Waals surface area contributed by atoms with E-state index in [0.29, 0.717) is 17.9 Å². The van der Waals surface area contributed by atoms with Gasteiger partial charge in [-0.25, -0.2) is 4.79 Å². The molecular weight excluding hydrogens is 376 g/mol. The number of amides is 1. The summed E-state index contributed by atoms with van der Waals surface area (Å²) in [6, 6.07) is 10.9. The first-order valence-corrected chi connectivity index (χ1v) is 8.57. The van der Waals surface area contributed by atoms with Crippen molar-refractivity contribution in [3.05, 3.63) is 58.6 Å². The molecule has 0 heterocycles. The number of thiocarbonyl (C=S) groups is 1. The van der Waals surface area contributed by atoms with E-state index in [1.165, 1.54) is 18.2 Å². The van der Waals surface area contributed by atoms with Crippen molar-refractivity contribution in [2.45, 2.75) is 13.3 Å². The second-order valence-electron chi connectivity index (χ2n) is 5.28. The predicted molar refractivity (Wildman–Crippen MR) is 104 cm³/mol. The third kappa shape index (κ3) is 5.44. The highest BCUT2D eigenvalue weighted by Gasteiger charge is 2.13. The van der Waals surface area contributed by atoms with Crippen molar-refractivity contribution in [2.24, 2.45) is 0 Å². The second kappa shape index (κ2) is 9.17. The minimum absolute atomic E-state index is 0.0221. The van der Waals surface area contributed by atoms with E-state index in [4.69, 9.17) is 28.6 Å². The molecule has 0 fully saturated rings. The maximum absolute atomic E-state index is 12.2. The summed E-state index contributed by atoms with van der Waals surface area (Å²) in [4.78, 5) is 23.5. The molecule has 8 heteroatoms. The Morgan fingerprint density at radius 1 is 1.19 bits per heavy atom. The van der Waals surface area contributed by atoms with Crippen LogP contribution in [0.5, 0.6) is 5.75 Å². The average molecular weight is 393 g/mol. The van der Waals surface area contributed by atoms with Crippen molar-refractivity contribution in [3.63, 3.8) is 0 Å². The van der Waals surface area contributed by atoms with Gasteiger partial charge in [0.2, 0.25) is 0 Å². The van der Waals surface area contributed by atoms with Crippen LogP contribution in [0.2, 0.25) is 5.02 Å². The number of carbonyl (C=O) groups excluding carboxylic acids is 1. The Balaban J connectivity index is 2.01. The van der Waals surface area contributed by atoms with E-state index >= 15 is 0 Å². The van der Waals surface area contributed by atoms with Gasteiger partial charge < -0.3 is 15.2 Å². The number of ether oxygens (including phenoxy) is 1. The van der Waals surface area contributed by atoms with Crippen LogP contribution in [-0.2, 0) is 0 Å². The molecule has 0 spiro atoms. The van der Waals surface area contributed by atoms with Crippen LogP contribution < -0.4 is 15.4 Å². The number of aromatic carboxylic acids is 1. The number of carbonyl (C=O) groups is 2. The number of halogens is 1. The number of benzene rings is 2. The molecule has 26 heavy (non-hydrogen) atoms. The minimum atomic E-state index is -1.16. The number of rotatable bonds is 6. The van der Waals surface area contributed by atoms with Crippen molar-refractivity contribution >= 4 is 46.5 Å². The Hall–Kier alpha value is -2.64. The van der Waals surface area contributed by atoms with Gasteiger partial charge >= 0.3 is 5.97 Å². The smallest absolute Gasteiger partial charge is 0.337 e. The SMILES string of the molecule is CCCOc1ccc(C(=O)NC(=S)Nc2ccc(Cl)cc2C(=O)O)cc1. The Morgan fingerprint density at radius 2 is 1.88 bits per heavy atom. The first-order valence-electron chi connectivity index (χ1n) is 7.78. The molecule has 0 aromatic heterocycles. The molecule has 2 aromatic carbocycles. The molecule has 0 saturated heterocycles. The standard InChI is InChI=1S/C18H17ClN2O4S/c1-2-9-25-13-6-3-11(4-7-13)16(22)21-18(26)20-15-8-5-12(19)10-14(15)17(23)24/h3-8,10H,2,9H2,1H3,(H,23,24)(H2,20,21,22,26). The van der Waals surface area contributed by atoms with Gasteiger partial charge in [-0.05, 0) is 61.1 Å². The highest BCUT2D eigenvalue weighted by Crippen LogP contribution is 2.20. The van der Waals surface area contributed by atoms with Crippen molar-refractivity contribution in [3.8, 4) is 5.75 Å². The fourth-order valence-corrected chi connectivity index (χ4v) is 2.43. The Bertz CT molecular complexity index is 824. The van der Waals surface area contributed by atoms with Crippen molar-refractivity contribution in [1.82, 2.24) is 5.32 Å². The molecule has 136 valence electrons. The topological polar surface area (TPSA) is 87.7 Å². The van der Waals surface area contributed by atoms with Crippen LogP contribution in [0.15, 0.2) is 42.5 Å². The van der Waals surface area contributed by atoms with Crippen LogP contribution in [0.25, 0.3) is 0 Å². The number of hydrogen-bond donors (Lipinski definition) is 3. The molecule has 2 aromatic rings. The summed E-state index contributed by atoms with van der Waals surface area (Å²) in [6.07, 6.45) is 0.894. The van der Waals surface area contributed by atoms with Gasteiger partial charge in [-0.15, -0.1) is 0 Å². The molecule has 0 atom stereocenters. The van der Waals surface area contributed by atoms with Gasteiger partial charge in [0.15, 0.2) is 5.11 Å². The molecule has 2 rings (SSSR count). The van der Waals surface area contributed by atoms with Gasteiger partial charge in [0.25, 0.3) is 5.91 Å². The lowest BCUT2D eigenvalue weighted by molar-refractivity contribution is 0.0697. The fourth-order valence-electron chi connectivity index (χ4n) is 2.05. The summed E-state index contributed by atoms with van der Waals surface area (Å²) in [7, 11) is 0. The van der Waals surface area contributed by atoms with Gasteiger partial charge in [0, 0.05) is 10.6 Å². The molecule has 0 bridgehead atoms. The second-order valence-corrected chi connectivity index (χ2v) is 6.12. The fraction of sp³-hybridized carbons (Fsp3) is 0.167. The number of nitrogens with one attached hydrogen (secondary N) is 2. The summed E-state index contributed by atoms with van der Waals surface area (Å²) in [5.41, 5.74) is 0.578. The summed E-state index contributed by atoms with van der Waals surface area (Å²) in [6.45, 7) is 2.61. The van der Waals surface area contributed by atoms with E-state index in [1.54, 1.807) is 24.3 Å². The Kier molecular flexibility index (Phi) is 6.94. The maximum Gasteiger partial charge on any atom is 0.337 e. The van der Waals surface area contributed by atoms with Crippen molar-refractivity contribution in [2.75, 3.05) is 11.9 Å². The number of carboxylic acids is 1. The highest BCUT2D eigenvalue weighted by molar-refractivity contribution is 7.80. The van der Waals surface area contributed by atoms with E-state index in [2.05, 4.69) is 10.6 Å². The number of anilines is 1. The van der Waals surface area contributed by atoms with E-state index < -0.39 is 11.9 Å². The number of carboxylic acid groups (broad SMARTS) is 1. The largest absolute Gasteiger partial charge is 0.494 e. The average Bonchev–Trinajstić information content (AvgIpc) is 2.61. The molecule has 0 aliphatic carbocycles. The summed E-state index contributed by atoms with van der Waals surface area (Å²) in [5.74, 6) is -0.904. The van der Waals surface area contributed by atoms with Gasteiger partial charge in [0.1, 0.15) is 5.75 Å². The first-order chi connectivity index (χ1) is 12.4. The highest BCUT2D eigenvalue weighted by atomic mass is 35.5. The molecule has 0 radical (unpaired) electrons. The van der Waals surface area contributed by atoms with Gasteiger partial charge in [0.05, 0.1) is 17.9 Å². The molecule has 1 amide bonds. The lowest BCUT2D eigenvalue weighted by Crippen LogP contribution is -2.34. The van der Waals surface area contributed by atoms with E-state index in [1.807, 2.05) is 6.92 Å². The molecule has 0 saturated carbocycles. The predicted octanol–water partition coefficient (Wildman–Crippen LogP) is 3.95. The first kappa shape index (κ1) is 19.7. The van der Waals surface area contributed by atoms with E-state index in [-0.39, 0.29) is 21.4 Å². The maximum atomic E-state index is 12.2. The molecule has 6 nitrogen and oxygen atoms in total. The quantitative estimate of drug-likeness (QED) is 0.645. The van der Waals surface area contributed by atoms with Crippen LogP contribution >= 0.6 is 23.8 Å². The summed E-state index contributed by atoms with van der Waals surface area (Å²) >= 11 is 10.9. The lowest BCUT2D eigenvalue weighted by atomic mass is 10.2. The van der Waals surface area contributed by atoms with Crippen LogP contribution in [0.3, 0.4) is 0 Å².